The van der Waals surface area contributed by atoms with Gasteiger partial charge in [0.1, 0.15) is 0 Å². The second-order valence-electron chi connectivity index (χ2n) is 8.18. The van der Waals surface area contributed by atoms with Crippen LogP contribution in [0.15, 0.2) is 102 Å². The molecule has 4 rings (SSSR count). The second-order valence-corrected chi connectivity index (χ2v) is 12.0. The van der Waals surface area contributed by atoms with Gasteiger partial charge in [0.2, 0.25) is 0 Å². The molecular formula is C28H31O3P. The van der Waals surface area contributed by atoms with E-state index >= 15 is 0 Å². The number of hydrogen-bond acceptors (Lipinski definition) is 3. The molecule has 0 amide bonds. The van der Waals surface area contributed by atoms with E-state index in [1.807, 2.05) is 0 Å². The van der Waals surface area contributed by atoms with Crippen molar-refractivity contribution in [3.05, 3.63) is 102 Å². The third kappa shape index (κ3) is 4.49. The van der Waals surface area contributed by atoms with E-state index in [9.17, 15) is 4.79 Å². The molecule has 0 N–H and O–H groups in total. The third-order valence-electron chi connectivity index (χ3n) is 6.33. The molecule has 1 aliphatic rings. The third-order valence-corrected chi connectivity index (χ3v) is 11.4. The number of carbonyl (C=O) groups excluding carboxylic acids is 1. The molecule has 0 radical (unpaired) electrons. The Hall–Kier alpha value is -2.90. The Bertz CT molecular complexity index is 949. The second kappa shape index (κ2) is 10.6. The summed E-state index contributed by atoms with van der Waals surface area (Å²) in [4.78, 5) is 11.9. The van der Waals surface area contributed by atoms with Crippen molar-refractivity contribution in [3.8, 4) is 0 Å². The van der Waals surface area contributed by atoms with Crippen molar-refractivity contribution in [2.24, 2.45) is 0 Å². The fraction of sp³-hybridized carbons (Fsp3) is 0.250. The molecule has 32 heavy (non-hydrogen) atoms. The molecule has 0 saturated heterocycles. The maximum atomic E-state index is 11.9. The van der Waals surface area contributed by atoms with Gasteiger partial charge in [-0.25, -0.2) is 0 Å². The Balaban J connectivity index is 2.03. The van der Waals surface area contributed by atoms with E-state index in [-0.39, 0.29) is 12.6 Å². The number of carbonyl (C=O) groups is 1. The van der Waals surface area contributed by atoms with Crippen molar-refractivity contribution in [2.75, 3.05) is 13.7 Å². The predicted molar refractivity (Wildman–Crippen MR) is 135 cm³/mol. The fourth-order valence-corrected chi connectivity index (χ4v) is 10.2. The van der Waals surface area contributed by atoms with Gasteiger partial charge in [-0.1, -0.05) is 0 Å². The quantitative estimate of drug-likeness (QED) is 0.375. The van der Waals surface area contributed by atoms with E-state index in [4.69, 9.17) is 9.47 Å². The van der Waals surface area contributed by atoms with E-state index in [1.54, 1.807) is 0 Å². The number of rotatable bonds is 7. The summed E-state index contributed by atoms with van der Waals surface area (Å²) in [5.41, 5.74) is 0. The number of esters is 1. The molecule has 0 saturated carbocycles. The molecule has 0 bridgehead atoms. The molecular weight excluding hydrogens is 415 g/mol. The zero-order chi connectivity index (χ0) is 22.2. The van der Waals surface area contributed by atoms with Gasteiger partial charge in [0.05, 0.1) is 0 Å². The van der Waals surface area contributed by atoms with Gasteiger partial charge in [0, 0.05) is 0 Å². The van der Waals surface area contributed by atoms with Gasteiger partial charge in [-0.15, -0.1) is 0 Å². The first-order chi connectivity index (χ1) is 15.8. The molecule has 0 fully saturated rings. The van der Waals surface area contributed by atoms with Crippen LogP contribution in [-0.2, 0) is 14.3 Å². The summed E-state index contributed by atoms with van der Waals surface area (Å²) in [5, 5.41) is 5.40. The zero-order valence-corrected chi connectivity index (χ0v) is 19.6. The summed E-state index contributed by atoms with van der Waals surface area (Å²) in [5.74, 6) is 0.642. The van der Waals surface area contributed by atoms with Crippen LogP contribution < -0.4 is 15.9 Å². The molecule has 0 atom stereocenters. The Morgan fingerprint density at radius 2 is 1.19 bits per heavy atom. The van der Waals surface area contributed by atoms with Crippen LogP contribution in [0, 0.1) is 0 Å². The average Bonchev–Trinajstić information content (AvgIpc) is 3.11. The van der Waals surface area contributed by atoms with Gasteiger partial charge in [-0.2, -0.15) is 0 Å². The normalized spacial score (nSPS) is 15.0. The van der Waals surface area contributed by atoms with Crippen molar-refractivity contribution in [2.45, 2.75) is 32.1 Å². The molecule has 1 aliphatic carbocycles. The average molecular weight is 447 g/mol. The van der Waals surface area contributed by atoms with Crippen molar-refractivity contribution in [1.29, 1.82) is 0 Å². The Labute approximate surface area is 191 Å². The standard InChI is InChI=1S/C28H31O3P/c1-30-28(29)22-31-26-20-12-5-13-21-27(26)32(23-14-6-2-7-15-23,24-16-8-3-9-17-24)25-18-10-4-11-19-25/h2-4,6-11,14-19,32H,5,12-13,20-22H2,1H3. The first-order valence-corrected chi connectivity index (χ1v) is 13.4. The molecule has 3 nitrogen and oxygen atoms in total. The maximum absolute atomic E-state index is 11.9. The van der Waals surface area contributed by atoms with Crippen LogP contribution in [0.3, 0.4) is 0 Å². The number of hydrogen-bond donors (Lipinski definition) is 0. The molecule has 0 spiro atoms. The summed E-state index contributed by atoms with van der Waals surface area (Å²) >= 11 is 0. The van der Waals surface area contributed by atoms with E-state index < -0.39 is 7.26 Å². The van der Waals surface area contributed by atoms with Gasteiger partial charge in [0.15, 0.2) is 0 Å². The summed E-state index contributed by atoms with van der Waals surface area (Å²) < 4.78 is 11.1. The minimum atomic E-state index is -2.60. The van der Waals surface area contributed by atoms with Gasteiger partial charge >= 0.3 is 191 Å². The van der Waals surface area contributed by atoms with E-state index in [0.717, 1.165) is 37.9 Å². The molecule has 3 aromatic rings. The molecule has 166 valence electrons. The fourth-order valence-electron chi connectivity index (χ4n) is 4.90. The van der Waals surface area contributed by atoms with Crippen LogP contribution in [0.2, 0.25) is 0 Å². The summed E-state index contributed by atoms with van der Waals surface area (Å²) in [6.45, 7) is -0.0435. The predicted octanol–water partition coefficient (Wildman–Crippen LogP) is 5.08. The number of methoxy groups -OCH3 is 1. The van der Waals surface area contributed by atoms with Crippen molar-refractivity contribution in [3.63, 3.8) is 0 Å². The molecule has 4 heteroatoms. The van der Waals surface area contributed by atoms with Crippen molar-refractivity contribution < 1.29 is 14.3 Å². The van der Waals surface area contributed by atoms with Crippen molar-refractivity contribution >= 4 is 29.1 Å². The summed E-state index contributed by atoms with van der Waals surface area (Å²) in [6.07, 6.45) is 5.19. The molecule has 0 heterocycles. The number of benzene rings is 3. The van der Waals surface area contributed by atoms with Gasteiger partial charge < -0.3 is 0 Å². The van der Waals surface area contributed by atoms with Crippen molar-refractivity contribution in [1.82, 2.24) is 0 Å². The Morgan fingerprint density at radius 3 is 1.66 bits per heavy atom. The van der Waals surface area contributed by atoms with E-state index in [0.29, 0.717) is 0 Å². The molecule has 0 aromatic heterocycles. The number of allylic oxidation sites excluding steroid dienone is 2. The van der Waals surface area contributed by atoms with Crippen LogP contribution in [0.4, 0.5) is 0 Å². The van der Waals surface area contributed by atoms with Gasteiger partial charge in [0.25, 0.3) is 0 Å². The Kier molecular flexibility index (Phi) is 7.39. The van der Waals surface area contributed by atoms with Gasteiger partial charge in [-0.3, -0.25) is 0 Å². The molecule has 0 aliphatic heterocycles. The molecule has 3 aromatic carbocycles. The van der Waals surface area contributed by atoms with Crippen LogP contribution >= 0.6 is 7.26 Å². The van der Waals surface area contributed by atoms with Crippen LogP contribution in [0.25, 0.3) is 0 Å². The first-order valence-electron chi connectivity index (χ1n) is 11.4. The number of ether oxygens (including phenoxy) is 2. The van der Waals surface area contributed by atoms with E-state index in [2.05, 4.69) is 91.0 Å². The summed E-state index contributed by atoms with van der Waals surface area (Å²) in [7, 11) is -1.19. The summed E-state index contributed by atoms with van der Waals surface area (Å²) in [6, 6.07) is 32.6. The zero-order valence-electron chi connectivity index (χ0n) is 18.6. The SMILES string of the molecule is COC(=O)COC1=C([PH](c2ccccc2)(c2ccccc2)c2ccccc2)CCCCC1. The van der Waals surface area contributed by atoms with E-state index in [1.165, 1.54) is 28.3 Å². The van der Waals surface area contributed by atoms with Crippen LogP contribution in [0.1, 0.15) is 32.1 Å². The monoisotopic (exact) mass is 446 g/mol. The van der Waals surface area contributed by atoms with Crippen LogP contribution in [0.5, 0.6) is 0 Å². The van der Waals surface area contributed by atoms with Crippen LogP contribution in [-0.4, -0.2) is 19.7 Å². The Morgan fingerprint density at radius 1 is 0.719 bits per heavy atom. The topological polar surface area (TPSA) is 35.5 Å². The molecule has 0 unspecified atom stereocenters. The first kappa shape index (κ1) is 22.3. The minimum absolute atomic E-state index is 0.0435. The van der Waals surface area contributed by atoms with Gasteiger partial charge in [-0.05, 0) is 0 Å².